The Labute approximate surface area is 180 Å². The van der Waals surface area contributed by atoms with Gasteiger partial charge in [-0.1, -0.05) is 0 Å². The largest absolute Gasteiger partial charge is 0.507 e. The van der Waals surface area contributed by atoms with E-state index in [1.165, 1.54) is 12.1 Å². The second-order valence-electron chi connectivity index (χ2n) is 8.43. The molecule has 2 unspecified atom stereocenters. The third-order valence-electron chi connectivity index (χ3n) is 6.15. The van der Waals surface area contributed by atoms with Crippen LogP contribution in [0, 0.1) is 11.8 Å². The lowest BCUT2D eigenvalue weighted by Crippen LogP contribution is -2.58. The van der Waals surface area contributed by atoms with Gasteiger partial charge in [0.15, 0.2) is 17.2 Å². The van der Waals surface area contributed by atoms with Crippen LogP contribution in [0.2, 0.25) is 0 Å². The van der Waals surface area contributed by atoms with Gasteiger partial charge in [0.2, 0.25) is 5.91 Å². The third-order valence-corrected chi connectivity index (χ3v) is 6.15. The summed E-state index contributed by atoms with van der Waals surface area (Å²) in [5.41, 5.74) is 9.77. The number of anilines is 1. The Morgan fingerprint density at radius 2 is 1.90 bits per heavy atom. The first-order chi connectivity index (χ1) is 14.5. The Kier molecular flexibility index (Phi) is 7.77. The summed E-state index contributed by atoms with van der Waals surface area (Å²) in [5, 5.41) is 41.1. The predicted molar refractivity (Wildman–Crippen MR) is 112 cm³/mol. The number of hydrogen-bond donors (Lipinski definition) is 6. The Balaban J connectivity index is 2.44. The minimum absolute atomic E-state index is 0.0254. The van der Waals surface area contributed by atoms with Crippen LogP contribution in [0.25, 0.3) is 0 Å². The molecule has 1 aliphatic carbocycles. The van der Waals surface area contributed by atoms with Crippen molar-refractivity contribution in [1.82, 2.24) is 4.90 Å². The molecule has 172 valence electrons. The molecule has 0 saturated heterocycles. The molecule has 8 N–H and O–H groups in total. The van der Waals surface area contributed by atoms with Gasteiger partial charge < -0.3 is 36.8 Å². The number of likely N-dealkylation sites (N-methyl/N-ethyl adjacent to an activating group) is 1. The minimum atomic E-state index is -2.35. The van der Waals surface area contributed by atoms with E-state index in [0.29, 0.717) is 17.7 Å². The maximum atomic E-state index is 12.7. The van der Waals surface area contributed by atoms with E-state index in [4.69, 9.17) is 11.5 Å². The highest BCUT2D eigenvalue weighted by Gasteiger charge is 2.48. The smallest absolute Gasteiger partial charge is 0.224 e. The van der Waals surface area contributed by atoms with E-state index < -0.39 is 48.9 Å². The van der Waals surface area contributed by atoms with Crippen molar-refractivity contribution in [3.63, 3.8) is 0 Å². The molecule has 0 aromatic heterocycles. The first kappa shape index (κ1) is 24.7. The normalized spacial score (nSPS) is 20.1. The number of fused-ring (bicyclic) bond motifs is 1. The number of hydrogen-bond acceptors (Lipinski definition) is 9. The van der Waals surface area contributed by atoms with Gasteiger partial charge in [0, 0.05) is 24.1 Å². The molecule has 0 bridgehead atoms. The summed E-state index contributed by atoms with van der Waals surface area (Å²) in [6, 6.07) is 2.10. The fourth-order valence-corrected chi connectivity index (χ4v) is 4.48. The maximum absolute atomic E-state index is 12.7. The van der Waals surface area contributed by atoms with E-state index in [-0.39, 0.29) is 35.9 Å². The minimum Gasteiger partial charge on any atom is -0.507 e. The molecule has 1 aromatic rings. The number of nitrogens with two attached hydrogens (primary N) is 2. The number of aliphatic hydroxyl groups is 3. The zero-order valence-electron chi connectivity index (χ0n) is 17.7. The second-order valence-corrected chi connectivity index (χ2v) is 8.43. The lowest BCUT2D eigenvalue weighted by atomic mass is 9.70. The van der Waals surface area contributed by atoms with E-state index in [1.807, 2.05) is 0 Å². The molecule has 1 aliphatic rings. The van der Waals surface area contributed by atoms with Crippen LogP contribution in [0.15, 0.2) is 12.1 Å². The molecule has 10 heteroatoms. The molecule has 4 atom stereocenters. The van der Waals surface area contributed by atoms with E-state index >= 15 is 0 Å². The number of amides is 1. The summed E-state index contributed by atoms with van der Waals surface area (Å²) < 4.78 is 0. The molecular formula is C21H31N3O7. The molecule has 0 spiro atoms. The first-order valence-corrected chi connectivity index (χ1v) is 10.0. The number of aromatic hydroxyl groups is 1. The Morgan fingerprint density at radius 3 is 2.42 bits per heavy atom. The quantitative estimate of drug-likeness (QED) is 0.149. The number of aliphatic hydroxyl groups excluding tert-OH is 2. The zero-order valence-corrected chi connectivity index (χ0v) is 17.7. The molecule has 0 fully saturated rings. The number of phenols is 1. The SMILES string of the molecule is CN(C)[C@@H](CO)C(CC1CC(=O)c2c(O)ccc(N)c2C1)[C@](O)(CO)C(=O)CC(N)=O. The zero-order chi connectivity index (χ0) is 23.5. The van der Waals surface area contributed by atoms with Crippen LogP contribution in [-0.2, 0) is 16.0 Å². The number of carbonyl (C=O) groups excluding carboxylic acids is 3. The number of nitrogens with zero attached hydrogens (tertiary/aromatic N) is 1. The Morgan fingerprint density at radius 1 is 1.26 bits per heavy atom. The summed E-state index contributed by atoms with van der Waals surface area (Å²) in [7, 11) is 3.28. The van der Waals surface area contributed by atoms with E-state index in [0.717, 1.165) is 0 Å². The standard InChI is InChI=1S/C21H31N3O7/c1-24(2)15(9-25)13(21(31,10-26)18(29)8-19(23)30)6-11-5-12-14(22)3-4-16(27)20(12)17(28)7-11/h3-4,11,13,15,25-27,31H,5-10,22H2,1-2H3,(H2,23,30)/t11?,13?,15-,21+/m0/s1. The molecule has 31 heavy (non-hydrogen) atoms. The number of benzene rings is 1. The van der Waals surface area contributed by atoms with E-state index in [9.17, 15) is 34.8 Å². The number of phenolic OH excluding ortho intramolecular Hbond substituents is 1. The van der Waals surface area contributed by atoms with E-state index in [1.54, 1.807) is 19.0 Å². The van der Waals surface area contributed by atoms with Gasteiger partial charge in [-0.2, -0.15) is 0 Å². The van der Waals surface area contributed by atoms with Gasteiger partial charge in [0.25, 0.3) is 0 Å². The highest BCUT2D eigenvalue weighted by molar-refractivity contribution is 6.03. The van der Waals surface area contributed by atoms with E-state index in [2.05, 4.69) is 0 Å². The van der Waals surface area contributed by atoms with Crippen LogP contribution in [0.4, 0.5) is 5.69 Å². The van der Waals surface area contributed by atoms with Gasteiger partial charge in [0.05, 0.1) is 25.2 Å². The highest BCUT2D eigenvalue weighted by atomic mass is 16.3. The summed E-state index contributed by atoms with van der Waals surface area (Å²) in [6.07, 6.45) is -0.371. The summed E-state index contributed by atoms with van der Waals surface area (Å²) in [5.74, 6) is -3.78. The van der Waals surface area contributed by atoms with Gasteiger partial charge >= 0.3 is 0 Å². The molecule has 0 saturated carbocycles. The molecule has 0 aliphatic heterocycles. The third kappa shape index (κ3) is 5.04. The average Bonchev–Trinajstić information content (AvgIpc) is 2.69. The van der Waals surface area contributed by atoms with Crippen molar-refractivity contribution in [3.8, 4) is 5.75 Å². The molecule has 1 aromatic carbocycles. The lowest BCUT2D eigenvalue weighted by Gasteiger charge is -2.42. The van der Waals surface area contributed by atoms with Gasteiger partial charge in [-0.25, -0.2) is 0 Å². The van der Waals surface area contributed by atoms with Crippen LogP contribution in [0.1, 0.15) is 35.2 Å². The molecule has 1 amide bonds. The number of carbonyl (C=O) groups is 3. The first-order valence-electron chi connectivity index (χ1n) is 10.0. The fourth-order valence-electron chi connectivity index (χ4n) is 4.48. The van der Waals surface area contributed by atoms with Gasteiger partial charge in [-0.15, -0.1) is 0 Å². The Bertz CT molecular complexity index is 858. The fraction of sp³-hybridized carbons (Fsp3) is 0.571. The number of primary amides is 1. The van der Waals surface area contributed by atoms with Crippen molar-refractivity contribution in [3.05, 3.63) is 23.3 Å². The molecule has 10 nitrogen and oxygen atoms in total. The van der Waals surface area contributed by atoms with Gasteiger partial charge in [0.1, 0.15) is 5.75 Å². The van der Waals surface area contributed by atoms with Crippen LogP contribution in [0.3, 0.4) is 0 Å². The average molecular weight is 437 g/mol. The molecular weight excluding hydrogens is 406 g/mol. The van der Waals surface area contributed by atoms with Crippen molar-refractivity contribution >= 4 is 23.2 Å². The summed E-state index contributed by atoms with van der Waals surface area (Å²) in [4.78, 5) is 38.2. The number of rotatable bonds is 10. The maximum Gasteiger partial charge on any atom is 0.224 e. The van der Waals surface area contributed by atoms with Crippen LogP contribution >= 0.6 is 0 Å². The molecule has 2 rings (SSSR count). The molecule has 0 heterocycles. The van der Waals surface area contributed by atoms with Crippen molar-refractivity contribution in [2.45, 2.75) is 37.3 Å². The second kappa shape index (κ2) is 9.73. The monoisotopic (exact) mass is 437 g/mol. The van der Waals surface area contributed by atoms with Crippen molar-refractivity contribution in [2.24, 2.45) is 17.6 Å². The topological polar surface area (TPSA) is 187 Å². The Hall–Kier alpha value is -2.53. The van der Waals surface area contributed by atoms with Crippen molar-refractivity contribution in [2.75, 3.05) is 33.0 Å². The molecule has 0 radical (unpaired) electrons. The summed E-state index contributed by atoms with van der Waals surface area (Å²) in [6.45, 7) is -1.42. The number of ketones is 2. The van der Waals surface area contributed by atoms with Gasteiger partial charge in [-0.3, -0.25) is 14.4 Å². The number of nitrogen functional groups attached to an aromatic ring is 1. The predicted octanol–water partition coefficient (Wildman–Crippen LogP) is -1.18. The summed E-state index contributed by atoms with van der Waals surface area (Å²) >= 11 is 0. The van der Waals surface area contributed by atoms with Crippen LogP contribution in [0.5, 0.6) is 5.75 Å². The lowest BCUT2D eigenvalue weighted by molar-refractivity contribution is -0.157. The van der Waals surface area contributed by atoms with Crippen molar-refractivity contribution < 1.29 is 34.8 Å². The number of Topliss-reactive ketones (excluding diaryl/α,β-unsaturated/α-hetero) is 2. The van der Waals surface area contributed by atoms with Crippen molar-refractivity contribution in [1.29, 1.82) is 0 Å². The van der Waals surface area contributed by atoms with Crippen LogP contribution in [-0.4, -0.2) is 81.8 Å². The van der Waals surface area contributed by atoms with Gasteiger partial charge in [-0.05, 0) is 50.6 Å². The van der Waals surface area contributed by atoms with Crippen LogP contribution < -0.4 is 11.5 Å². The highest BCUT2D eigenvalue weighted by Crippen LogP contribution is 2.40.